The molecule has 8 heterocycles. The van der Waals surface area contributed by atoms with Crippen LogP contribution in [0.15, 0.2) is 110 Å². The van der Waals surface area contributed by atoms with Crippen LogP contribution in [0, 0.1) is 0 Å². The number of benzene rings is 2. The number of rotatable bonds is 14. The highest BCUT2D eigenvalue weighted by molar-refractivity contribution is 5.91. The maximum atomic E-state index is 9.56. The SMILES string of the molecule is OCc1cccc(-c2nc(N3CCOCC3)c3[nH]cc(CNCc4cccnc4)c3n2)c1.OCc1cccc(-c2nc(N3CCOCC3)c3[nH]cc(CNCc4cccnc4)c3n2)c1. The van der Waals surface area contributed by atoms with Crippen molar-refractivity contribution in [1.82, 2.24) is 50.5 Å². The van der Waals surface area contributed by atoms with Gasteiger partial charge in [0.2, 0.25) is 0 Å². The third-order valence-electron chi connectivity index (χ3n) is 11.3. The lowest BCUT2D eigenvalue weighted by atomic mass is 10.1. The zero-order chi connectivity index (χ0) is 43.5. The normalized spacial score (nSPS) is 14.2. The second kappa shape index (κ2) is 20.7. The minimum Gasteiger partial charge on any atom is -0.392 e. The van der Waals surface area contributed by atoms with Crippen LogP contribution in [-0.2, 0) is 48.9 Å². The topological polar surface area (TPSA) is 198 Å². The van der Waals surface area contributed by atoms with E-state index in [1.807, 2.05) is 85.5 Å². The lowest BCUT2D eigenvalue weighted by Crippen LogP contribution is -2.37. The first-order valence-electron chi connectivity index (χ1n) is 21.6. The Morgan fingerprint density at radius 3 is 1.38 bits per heavy atom. The minimum absolute atomic E-state index is 0.0138. The van der Waals surface area contributed by atoms with E-state index < -0.39 is 0 Å². The van der Waals surface area contributed by atoms with Gasteiger partial charge in [0.1, 0.15) is 11.0 Å². The fourth-order valence-electron chi connectivity index (χ4n) is 7.93. The van der Waals surface area contributed by atoms with Gasteiger partial charge in [-0.1, -0.05) is 48.5 Å². The number of morpholine rings is 2. The molecule has 0 aliphatic carbocycles. The average Bonchev–Trinajstić information content (AvgIpc) is 3.98. The molecule has 0 atom stereocenters. The Balaban J connectivity index is 0.000000162. The van der Waals surface area contributed by atoms with E-state index in [-0.39, 0.29) is 13.2 Å². The number of aliphatic hydroxyl groups excluding tert-OH is 2. The first-order valence-corrected chi connectivity index (χ1v) is 21.6. The highest BCUT2D eigenvalue weighted by atomic mass is 16.5. The Morgan fingerprint density at radius 1 is 0.531 bits per heavy atom. The van der Waals surface area contributed by atoms with Crippen molar-refractivity contribution in [1.29, 1.82) is 0 Å². The fourth-order valence-corrected chi connectivity index (χ4v) is 7.93. The lowest BCUT2D eigenvalue weighted by molar-refractivity contribution is 0.122. The highest BCUT2D eigenvalue weighted by Crippen LogP contribution is 2.32. The van der Waals surface area contributed by atoms with Gasteiger partial charge in [-0.15, -0.1) is 0 Å². The van der Waals surface area contributed by atoms with Crippen LogP contribution in [0.25, 0.3) is 44.8 Å². The van der Waals surface area contributed by atoms with Crippen molar-refractivity contribution in [3.05, 3.63) is 143 Å². The number of hydrogen-bond acceptors (Lipinski definition) is 14. The van der Waals surface area contributed by atoms with E-state index in [9.17, 15) is 10.2 Å². The maximum Gasteiger partial charge on any atom is 0.162 e. The molecule has 0 spiro atoms. The first kappa shape index (κ1) is 42.6. The number of aromatic amines is 2. The largest absolute Gasteiger partial charge is 0.392 e. The van der Waals surface area contributed by atoms with E-state index in [4.69, 9.17) is 29.4 Å². The zero-order valence-electron chi connectivity index (χ0n) is 35.6. The molecule has 2 aliphatic rings. The summed E-state index contributed by atoms with van der Waals surface area (Å²) in [7, 11) is 0. The Bertz CT molecular complexity index is 2560. The third kappa shape index (κ3) is 10.1. The van der Waals surface area contributed by atoms with Crippen LogP contribution in [0.4, 0.5) is 11.6 Å². The predicted octanol–water partition coefficient (Wildman–Crippen LogP) is 5.28. The van der Waals surface area contributed by atoms with E-state index >= 15 is 0 Å². The molecule has 6 N–H and O–H groups in total. The monoisotopic (exact) mass is 860 g/mol. The number of ether oxygens (including phenoxy) is 2. The van der Waals surface area contributed by atoms with Crippen molar-refractivity contribution < 1.29 is 19.7 Å². The summed E-state index contributed by atoms with van der Waals surface area (Å²) in [6.45, 7) is 8.65. The van der Waals surface area contributed by atoms with E-state index in [1.165, 1.54) is 0 Å². The minimum atomic E-state index is -0.0138. The molecule has 0 amide bonds. The van der Waals surface area contributed by atoms with Gasteiger partial charge in [0, 0.05) is 112 Å². The highest BCUT2D eigenvalue weighted by Gasteiger charge is 2.23. The molecular formula is C48H52N12O4. The van der Waals surface area contributed by atoms with Crippen molar-refractivity contribution in [2.45, 2.75) is 39.4 Å². The number of anilines is 2. The van der Waals surface area contributed by atoms with Crippen molar-refractivity contribution in [2.24, 2.45) is 0 Å². The fraction of sp³-hybridized carbons (Fsp3) is 0.292. The summed E-state index contributed by atoms with van der Waals surface area (Å²) in [5.74, 6) is 3.09. The Kier molecular flexibility index (Phi) is 13.8. The van der Waals surface area contributed by atoms with Crippen LogP contribution < -0.4 is 20.4 Å². The maximum absolute atomic E-state index is 9.56. The van der Waals surface area contributed by atoms with Crippen molar-refractivity contribution in [3.63, 3.8) is 0 Å². The number of pyridine rings is 2. The molecule has 328 valence electrons. The van der Waals surface area contributed by atoms with Crippen LogP contribution in [0.1, 0.15) is 33.4 Å². The molecule has 16 heteroatoms. The Labute approximate surface area is 370 Å². The van der Waals surface area contributed by atoms with E-state index in [0.29, 0.717) is 51.2 Å². The molecule has 10 rings (SSSR count). The molecule has 2 fully saturated rings. The van der Waals surface area contributed by atoms with Crippen LogP contribution >= 0.6 is 0 Å². The van der Waals surface area contributed by atoms with E-state index in [2.05, 4.69) is 52.5 Å². The van der Waals surface area contributed by atoms with Crippen LogP contribution in [0.2, 0.25) is 0 Å². The van der Waals surface area contributed by atoms with E-state index in [1.54, 1.807) is 12.4 Å². The van der Waals surface area contributed by atoms with Crippen LogP contribution in [0.5, 0.6) is 0 Å². The second-order valence-corrected chi connectivity index (χ2v) is 15.7. The lowest BCUT2D eigenvalue weighted by Gasteiger charge is -2.28. The zero-order valence-corrected chi connectivity index (χ0v) is 35.6. The van der Waals surface area contributed by atoms with Gasteiger partial charge < -0.3 is 50.1 Å². The number of aromatic nitrogens is 8. The predicted molar refractivity (Wildman–Crippen MR) is 246 cm³/mol. The summed E-state index contributed by atoms with van der Waals surface area (Å²) in [4.78, 5) is 39.4. The summed E-state index contributed by atoms with van der Waals surface area (Å²) in [5, 5.41) is 26.1. The molecule has 8 aromatic rings. The number of fused-ring (bicyclic) bond motifs is 2. The van der Waals surface area contributed by atoms with Gasteiger partial charge in [-0.2, -0.15) is 0 Å². The molecule has 16 nitrogen and oxygen atoms in total. The Hall–Kier alpha value is -6.66. The third-order valence-corrected chi connectivity index (χ3v) is 11.3. The van der Waals surface area contributed by atoms with Gasteiger partial charge in [0.15, 0.2) is 23.3 Å². The van der Waals surface area contributed by atoms with Crippen LogP contribution in [0.3, 0.4) is 0 Å². The number of nitrogens with one attached hydrogen (secondary N) is 4. The van der Waals surface area contributed by atoms with Crippen molar-refractivity contribution in [2.75, 3.05) is 62.4 Å². The molecule has 2 aromatic carbocycles. The summed E-state index contributed by atoms with van der Waals surface area (Å²) in [6, 6.07) is 23.5. The van der Waals surface area contributed by atoms with Gasteiger partial charge in [-0.05, 0) is 46.5 Å². The summed E-state index contributed by atoms with van der Waals surface area (Å²) in [6.07, 6.45) is 11.3. The molecule has 0 saturated carbocycles. The average molecular weight is 861 g/mol. The smallest absolute Gasteiger partial charge is 0.162 e. The van der Waals surface area contributed by atoms with E-state index in [0.717, 1.165) is 117 Å². The van der Waals surface area contributed by atoms with Gasteiger partial charge in [0.25, 0.3) is 0 Å². The number of nitrogens with zero attached hydrogens (tertiary/aromatic N) is 8. The van der Waals surface area contributed by atoms with Gasteiger partial charge in [-0.3, -0.25) is 9.97 Å². The molecule has 2 saturated heterocycles. The van der Waals surface area contributed by atoms with Gasteiger partial charge >= 0.3 is 0 Å². The molecule has 2 aliphatic heterocycles. The number of hydrogen-bond donors (Lipinski definition) is 6. The molecule has 0 bridgehead atoms. The summed E-state index contributed by atoms with van der Waals surface area (Å²) in [5.41, 5.74) is 11.6. The molecule has 64 heavy (non-hydrogen) atoms. The number of H-pyrrole nitrogens is 2. The second-order valence-electron chi connectivity index (χ2n) is 15.7. The summed E-state index contributed by atoms with van der Waals surface area (Å²) >= 11 is 0. The molecule has 6 aromatic heterocycles. The van der Waals surface area contributed by atoms with Gasteiger partial charge in [0.05, 0.1) is 50.7 Å². The molecule has 0 radical (unpaired) electrons. The molecule has 0 unspecified atom stereocenters. The summed E-state index contributed by atoms with van der Waals surface area (Å²) < 4.78 is 11.1. The van der Waals surface area contributed by atoms with Crippen molar-refractivity contribution >= 4 is 33.7 Å². The van der Waals surface area contributed by atoms with Crippen LogP contribution in [-0.4, -0.2) is 103 Å². The van der Waals surface area contributed by atoms with Gasteiger partial charge in [-0.25, -0.2) is 19.9 Å². The molecular weight excluding hydrogens is 809 g/mol. The Morgan fingerprint density at radius 2 is 0.969 bits per heavy atom. The first-order chi connectivity index (χ1) is 31.6. The standard InChI is InChI=1S/2C24H26N6O2/c2*31-16-17-3-1-5-19(11-17)23-28-21-20(14-26-13-18-4-2-6-25-12-18)15-27-22(21)24(29-23)30-7-9-32-10-8-30/h2*1-6,11-12,15,26-27,31H,7-10,13-14,16H2. The van der Waals surface area contributed by atoms with Crippen molar-refractivity contribution in [3.8, 4) is 22.8 Å². The number of aliphatic hydroxyl groups is 2. The quantitative estimate of drug-likeness (QED) is 0.0826.